The molecule has 82 valence electrons. The first-order chi connectivity index (χ1) is 7.06. The average molecular weight is 224 g/mol. The number of unbranched alkanes of at least 4 members (excludes halogenated alkanes) is 1. The summed E-state index contributed by atoms with van der Waals surface area (Å²) in [6.45, 7) is 3.95. The molecule has 1 aromatic rings. The summed E-state index contributed by atoms with van der Waals surface area (Å²) < 4.78 is 23.5. The van der Waals surface area contributed by atoms with Crippen LogP contribution in [0.5, 0.6) is 0 Å². The molecular weight excluding hydrogens is 208 g/mol. The Morgan fingerprint density at radius 1 is 1.20 bits per heavy atom. The molecule has 0 aromatic heterocycles. The van der Waals surface area contributed by atoms with Crippen molar-refractivity contribution in [2.45, 2.75) is 31.6 Å². The second-order valence-corrected chi connectivity index (χ2v) is 5.35. The molecule has 0 fully saturated rings. The van der Waals surface area contributed by atoms with E-state index in [1.807, 2.05) is 13.8 Å². The van der Waals surface area contributed by atoms with Crippen molar-refractivity contribution in [3.63, 3.8) is 0 Å². The van der Waals surface area contributed by atoms with Gasteiger partial charge in [0.2, 0.25) is 0 Å². The van der Waals surface area contributed by atoms with Gasteiger partial charge in [-0.2, -0.15) is 0 Å². The Labute approximate surface area is 91.6 Å². The standard InChI is InChI=1S/C12H16O2S/c1-3-4-5-10-15(13,14)12-8-6-11(2)7-9-12/h5-10H,3-4H2,1-2H3/b10-5+. The molecular formula is C12H16O2S. The van der Waals surface area contributed by atoms with Gasteiger partial charge in [-0.15, -0.1) is 0 Å². The number of aryl methyl sites for hydroxylation is 1. The van der Waals surface area contributed by atoms with E-state index in [1.54, 1.807) is 30.3 Å². The van der Waals surface area contributed by atoms with E-state index in [1.165, 1.54) is 5.41 Å². The number of hydrogen-bond donors (Lipinski definition) is 0. The number of rotatable bonds is 4. The highest BCUT2D eigenvalue weighted by Crippen LogP contribution is 2.13. The second kappa shape index (κ2) is 5.12. The van der Waals surface area contributed by atoms with Gasteiger partial charge in [0, 0.05) is 5.41 Å². The van der Waals surface area contributed by atoms with E-state index in [2.05, 4.69) is 0 Å². The van der Waals surface area contributed by atoms with Crippen LogP contribution in [-0.2, 0) is 9.84 Å². The van der Waals surface area contributed by atoms with Crippen LogP contribution in [0.15, 0.2) is 40.6 Å². The normalized spacial score (nSPS) is 12.1. The lowest BCUT2D eigenvalue weighted by Crippen LogP contribution is -1.95. The maximum absolute atomic E-state index is 11.7. The minimum atomic E-state index is -3.23. The van der Waals surface area contributed by atoms with Crippen molar-refractivity contribution in [1.29, 1.82) is 0 Å². The highest BCUT2D eigenvalue weighted by molar-refractivity contribution is 7.94. The van der Waals surface area contributed by atoms with Crippen LogP contribution in [0.3, 0.4) is 0 Å². The van der Waals surface area contributed by atoms with E-state index >= 15 is 0 Å². The average Bonchev–Trinajstić information content (AvgIpc) is 2.18. The molecule has 0 aliphatic heterocycles. The predicted molar refractivity (Wildman–Crippen MR) is 62.4 cm³/mol. The molecule has 1 rings (SSSR count). The smallest absolute Gasteiger partial charge is 0.199 e. The van der Waals surface area contributed by atoms with Gasteiger partial charge in [-0.05, 0) is 25.5 Å². The molecule has 0 atom stereocenters. The quantitative estimate of drug-likeness (QED) is 0.787. The van der Waals surface area contributed by atoms with E-state index in [4.69, 9.17) is 0 Å². The molecule has 0 bridgehead atoms. The molecule has 1 aromatic carbocycles. The first-order valence-corrected chi connectivity index (χ1v) is 6.59. The van der Waals surface area contributed by atoms with Crippen LogP contribution >= 0.6 is 0 Å². The van der Waals surface area contributed by atoms with Crippen molar-refractivity contribution in [3.8, 4) is 0 Å². The first kappa shape index (κ1) is 12.0. The Bertz CT molecular complexity index is 427. The highest BCUT2D eigenvalue weighted by Gasteiger charge is 2.08. The fourth-order valence-corrected chi connectivity index (χ4v) is 2.23. The summed E-state index contributed by atoms with van der Waals surface area (Å²) in [6, 6.07) is 6.89. The van der Waals surface area contributed by atoms with Crippen LogP contribution in [0.1, 0.15) is 25.3 Å². The van der Waals surface area contributed by atoms with Crippen LogP contribution in [0, 0.1) is 6.92 Å². The molecule has 0 heterocycles. The first-order valence-electron chi connectivity index (χ1n) is 5.04. The number of allylic oxidation sites excluding steroid dienone is 1. The zero-order valence-electron chi connectivity index (χ0n) is 9.10. The summed E-state index contributed by atoms with van der Waals surface area (Å²) in [5.74, 6) is 0. The highest BCUT2D eigenvalue weighted by atomic mass is 32.2. The Balaban J connectivity index is 2.91. The molecule has 0 radical (unpaired) electrons. The molecule has 2 nitrogen and oxygen atoms in total. The summed E-state index contributed by atoms with van der Waals surface area (Å²) in [4.78, 5) is 0.362. The van der Waals surface area contributed by atoms with Crippen molar-refractivity contribution in [2.24, 2.45) is 0 Å². The van der Waals surface area contributed by atoms with Crippen molar-refractivity contribution in [1.82, 2.24) is 0 Å². The van der Waals surface area contributed by atoms with E-state index < -0.39 is 9.84 Å². The molecule has 0 spiro atoms. The summed E-state index contributed by atoms with van der Waals surface area (Å²) in [7, 11) is -3.23. The lowest BCUT2D eigenvalue weighted by Gasteiger charge is -1.99. The van der Waals surface area contributed by atoms with Crippen LogP contribution in [0.4, 0.5) is 0 Å². The van der Waals surface area contributed by atoms with Crippen molar-refractivity contribution < 1.29 is 8.42 Å². The molecule has 0 amide bonds. The summed E-state index contributed by atoms with van der Waals surface area (Å²) in [5.41, 5.74) is 1.06. The zero-order chi connectivity index (χ0) is 11.3. The lowest BCUT2D eigenvalue weighted by molar-refractivity contribution is 0.604. The minimum absolute atomic E-state index is 0.362. The molecule has 0 unspecified atom stereocenters. The molecule has 0 aliphatic rings. The lowest BCUT2D eigenvalue weighted by atomic mass is 10.2. The molecule has 0 saturated carbocycles. The van der Waals surface area contributed by atoms with Gasteiger partial charge in [0.15, 0.2) is 9.84 Å². The van der Waals surface area contributed by atoms with Gasteiger partial charge in [-0.3, -0.25) is 0 Å². The summed E-state index contributed by atoms with van der Waals surface area (Å²) in [6.07, 6.45) is 3.46. The van der Waals surface area contributed by atoms with E-state index in [9.17, 15) is 8.42 Å². The topological polar surface area (TPSA) is 34.1 Å². The van der Waals surface area contributed by atoms with Crippen LogP contribution in [0.25, 0.3) is 0 Å². The third kappa shape index (κ3) is 3.51. The van der Waals surface area contributed by atoms with Crippen molar-refractivity contribution in [2.75, 3.05) is 0 Å². The molecule has 3 heteroatoms. The Hall–Kier alpha value is -1.09. The van der Waals surface area contributed by atoms with E-state index in [0.29, 0.717) is 4.90 Å². The fourth-order valence-electron chi connectivity index (χ4n) is 1.17. The third-order valence-electron chi connectivity index (χ3n) is 2.08. The van der Waals surface area contributed by atoms with Gasteiger partial charge < -0.3 is 0 Å². The van der Waals surface area contributed by atoms with Gasteiger partial charge in [-0.1, -0.05) is 37.1 Å². The Morgan fingerprint density at radius 3 is 2.33 bits per heavy atom. The molecule has 0 aliphatic carbocycles. The minimum Gasteiger partial charge on any atom is -0.219 e. The van der Waals surface area contributed by atoms with E-state index in [-0.39, 0.29) is 0 Å². The van der Waals surface area contributed by atoms with Gasteiger partial charge in [0.1, 0.15) is 0 Å². The monoisotopic (exact) mass is 224 g/mol. The van der Waals surface area contributed by atoms with Crippen molar-refractivity contribution >= 4 is 9.84 Å². The SMILES string of the molecule is CCC/C=C/S(=O)(=O)c1ccc(C)cc1. The van der Waals surface area contributed by atoms with Crippen LogP contribution < -0.4 is 0 Å². The Kier molecular flexibility index (Phi) is 4.09. The van der Waals surface area contributed by atoms with Gasteiger partial charge >= 0.3 is 0 Å². The van der Waals surface area contributed by atoms with Crippen LogP contribution in [0.2, 0.25) is 0 Å². The summed E-state index contributed by atoms with van der Waals surface area (Å²) >= 11 is 0. The molecule has 0 saturated heterocycles. The maximum atomic E-state index is 11.7. The molecule has 0 N–H and O–H groups in total. The number of sulfone groups is 1. The van der Waals surface area contributed by atoms with Gasteiger partial charge in [0.05, 0.1) is 4.90 Å². The van der Waals surface area contributed by atoms with Crippen molar-refractivity contribution in [3.05, 3.63) is 41.3 Å². The third-order valence-corrected chi connectivity index (χ3v) is 3.56. The van der Waals surface area contributed by atoms with Crippen LogP contribution in [-0.4, -0.2) is 8.42 Å². The number of benzene rings is 1. The van der Waals surface area contributed by atoms with Gasteiger partial charge in [-0.25, -0.2) is 8.42 Å². The summed E-state index contributed by atoms with van der Waals surface area (Å²) in [5, 5.41) is 1.29. The van der Waals surface area contributed by atoms with Gasteiger partial charge in [0.25, 0.3) is 0 Å². The Morgan fingerprint density at radius 2 is 1.80 bits per heavy atom. The second-order valence-electron chi connectivity index (χ2n) is 3.52. The molecule has 15 heavy (non-hydrogen) atoms. The fraction of sp³-hybridized carbons (Fsp3) is 0.333. The largest absolute Gasteiger partial charge is 0.219 e. The maximum Gasteiger partial charge on any atom is 0.199 e. The van der Waals surface area contributed by atoms with E-state index in [0.717, 1.165) is 18.4 Å². The zero-order valence-corrected chi connectivity index (χ0v) is 9.92. The predicted octanol–water partition coefficient (Wildman–Crippen LogP) is 3.08. The number of hydrogen-bond acceptors (Lipinski definition) is 2.